The Bertz CT molecular complexity index is 587. The molecule has 0 unspecified atom stereocenters. The molecule has 0 fully saturated rings. The normalized spacial score (nSPS) is 11.3. The maximum atomic E-state index is 13.3. The number of hydrogen-bond acceptors (Lipinski definition) is 5. The van der Waals surface area contributed by atoms with E-state index in [1.54, 1.807) is 0 Å². The van der Waals surface area contributed by atoms with Gasteiger partial charge in [0.25, 0.3) is 0 Å². The largest absolute Gasteiger partial charge is 0.461 e. The Morgan fingerprint density at radius 2 is 1.95 bits per heavy atom. The van der Waals surface area contributed by atoms with Crippen molar-refractivity contribution in [3.05, 3.63) is 29.3 Å². The summed E-state index contributed by atoms with van der Waals surface area (Å²) < 4.78 is 53.1. The second-order valence-corrected chi connectivity index (χ2v) is 6.20. The number of esters is 1. The molecule has 0 aliphatic heterocycles. The van der Waals surface area contributed by atoms with E-state index in [1.165, 1.54) is 6.92 Å². The van der Waals surface area contributed by atoms with Crippen molar-refractivity contribution in [2.45, 2.75) is 6.92 Å². The second-order valence-electron chi connectivity index (χ2n) is 3.73. The van der Waals surface area contributed by atoms with Gasteiger partial charge in [-0.15, -0.1) is 0 Å². The quantitative estimate of drug-likeness (QED) is 0.650. The Morgan fingerprint density at radius 3 is 2.53 bits per heavy atom. The lowest BCUT2D eigenvalue weighted by molar-refractivity contribution is 0.0524. The SMILES string of the molecule is CCS(=O)(=O)CCOC(=O)c1cc(N)c(F)cc1F. The molecule has 0 spiro atoms. The number of rotatable bonds is 5. The zero-order valence-corrected chi connectivity index (χ0v) is 11.0. The minimum absolute atomic E-state index is 0.0809. The van der Waals surface area contributed by atoms with E-state index in [0.717, 1.165) is 6.07 Å². The zero-order valence-electron chi connectivity index (χ0n) is 10.2. The Balaban J connectivity index is 2.72. The summed E-state index contributed by atoms with van der Waals surface area (Å²) in [6.07, 6.45) is 0. The Kier molecular flexibility index (Phi) is 4.82. The molecule has 2 N–H and O–H groups in total. The molecule has 0 amide bonds. The molecule has 0 aromatic heterocycles. The maximum Gasteiger partial charge on any atom is 0.341 e. The highest BCUT2D eigenvalue weighted by molar-refractivity contribution is 7.91. The van der Waals surface area contributed by atoms with E-state index in [9.17, 15) is 22.0 Å². The van der Waals surface area contributed by atoms with Gasteiger partial charge in [0, 0.05) is 11.8 Å². The molecular weight excluding hydrogens is 280 g/mol. The lowest BCUT2D eigenvalue weighted by Crippen LogP contribution is -2.17. The van der Waals surface area contributed by atoms with Gasteiger partial charge < -0.3 is 10.5 Å². The first kappa shape index (κ1) is 15.4. The van der Waals surface area contributed by atoms with E-state index in [2.05, 4.69) is 4.74 Å². The van der Waals surface area contributed by atoms with Gasteiger partial charge in [-0.1, -0.05) is 6.92 Å². The molecule has 0 heterocycles. The van der Waals surface area contributed by atoms with Gasteiger partial charge in [-0.2, -0.15) is 0 Å². The summed E-state index contributed by atoms with van der Waals surface area (Å²) in [6.45, 7) is 1.06. The molecule has 1 aromatic carbocycles. The summed E-state index contributed by atoms with van der Waals surface area (Å²) in [5, 5.41) is 0. The Hall–Kier alpha value is -1.70. The highest BCUT2D eigenvalue weighted by Crippen LogP contribution is 2.17. The van der Waals surface area contributed by atoms with Crippen LogP contribution < -0.4 is 5.73 Å². The Morgan fingerprint density at radius 1 is 1.32 bits per heavy atom. The predicted molar refractivity (Wildman–Crippen MR) is 65.4 cm³/mol. The third-order valence-corrected chi connectivity index (χ3v) is 4.04. The van der Waals surface area contributed by atoms with Crippen molar-refractivity contribution in [1.29, 1.82) is 0 Å². The highest BCUT2D eigenvalue weighted by Gasteiger charge is 2.17. The topological polar surface area (TPSA) is 86.5 Å². The van der Waals surface area contributed by atoms with E-state index in [4.69, 9.17) is 5.73 Å². The summed E-state index contributed by atoms with van der Waals surface area (Å²) in [7, 11) is -3.28. The monoisotopic (exact) mass is 293 g/mol. The number of anilines is 1. The van der Waals surface area contributed by atoms with Crippen molar-refractivity contribution in [3.8, 4) is 0 Å². The molecule has 1 rings (SSSR count). The first-order chi connectivity index (χ1) is 8.76. The molecule has 8 heteroatoms. The van der Waals surface area contributed by atoms with Gasteiger partial charge in [0.15, 0.2) is 9.84 Å². The third kappa shape index (κ3) is 4.16. The van der Waals surface area contributed by atoms with Crippen LogP contribution in [-0.4, -0.2) is 32.5 Å². The number of benzene rings is 1. The molecule has 1 aromatic rings. The fraction of sp³-hybridized carbons (Fsp3) is 0.364. The summed E-state index contributed by atoms with van der Waals surface area (Å²) in [5.41, 5.74) is 4.27. The van der Waals surface area contributed by atoms with Crippen LogP contribution in [0, 0.1) is 11.6 Å². The molecule has 0 bridgehead atoms. The van der Waals surface area contributed by atoms with Crippen molar-refractivity contribution >= 4 is 21.5 Å². The highest BCUT2D eigenvalue weighted by atomic mass is 32.2. The lowest BCUT2D eigenvalue weighted by atomic mass is 10.2. The standard InChI is InChI=1S/C11H13F2NO4S/c1-2-19(16,17)4-3-18-11(15)7-5-10(14)9(13)6-8(7)12/h5-6H,2-4,14H2,1H3. The minimum Gasteiger partial charge on any atom is -0.461 e. The van der Waals surface area contributed by atoms with Crippen molar-refractivity contribution in [3.63, 3.8) is 0 Å². The summed E-state index contributed by atoms with van der Waals surface area (Å²) in [4.78, 5) is 11.5. The van der Waals surface area contributed by atoms with E-state index in [-0.39, 0.29) is 11.5 Å². The van der Waals surface area contributed by atoms with E-state index in [1.807, 2.05) is 0 Å². The molecular formula is C11H13F2NO4S. The minimum atomic E-state index is -3.28. The van der Waals surface area contributed by atoms with Crippen LogP contribution in [0.4, 0.5) is 14.5 Å². The van der Waals surface area contributed by atoms with Gasteiger partial charge in [-0.05, 0) is 6.07 Å². The van der Waals surface area contributed by atoms with Gasteiger partial charge in [-0.25, -0.2) is 22.0 Å². The van der Waals surface area contributed by atoms with Gasteiger partial charge in [0.2, 0.25) is 0 Å². The number of carbonyl (C=O) groups is 1. The molecule has 0 aliphatic rings. The number of ether oxygens (including phenoxy) is 1. The number of nitrogens with two attached hydrogens (primary N) is 1. The van der Waals surface area contributed by atoms with Gasteiger partial charge in [0.1, 0.15) is 18.2 Å². The van der Waals surface area contributed by atoms with Crippen molar-refractivity contribution in [2.75, 3.05) is 23.8 Å². The van der Waals surface area contributed by atoms with E-state index in [0.29, 0.717) is 6.07 Å². The number of hydrogen-bond donors (Lipinski definition) is 1. The maximum absolute atomic E-state index is 13.3. The van der Waals surface area contributed by atoms with Crippen LogP contribution in [0.1, 0.15) is 17.3 Å². The molecule has 19 heavy (non-hydrogen) atoms. The van der Waals surface area contributed by atoms with Crippen molar-refractivity contribution in [1.82, 2.24) is 0 Å². The number of sulfone groups is 1. The van der Waals surface area contributed by atoms with Crippen LogP contribution in [0.3, 0.4) is 0 Å². The van der Waals surface area contributed by atoms with Crippen LogP contribution in [0.15, 0.2) is 12.1 Å². The lowest BCUT2D eigenvalue weighted by Gasteiger charge is -2.07. The summed E-state index contributed by atoms with van der Waals surface area (Å²) >= 11 is 0. The van der Waals surface area contributed by atoms with Crippen LogP contribution in [0.2, 0.25) is 0 Å². The molecule has 5 nitrogen and oxygen atoms in total. The van der Waals surface area contributed by atoms with Gasteiger partial charge in [-0.3, -0.25) is 0 Å². The van der Waals surface area contributed by atoms with Crippen molar-refractivity contribution < 1.29 is 26.7 Å². The third-order valence-electron chi connectivity index (χ3n) is 2.37. The van der Waals surface area contributed by atoms with Crippen LogP contribution >= 0.6 is 0 Å². The average molecular weight is 293 g/mol. The van der Waals surface area contributed by atoms with E-state index >= 15 is 0 Å². The summed E-state index contributed by atoms with van der Waals surface area (Å²) in [6, 6.07) is 1.27. The van der Waals surface area contributed by atoms with Gasteiger partial charge in [0.05, 0.1) is 17.0 Å². The molecule has 0 saturated carbocycles. The molecule has 0 atom stereocenters. The van der Waals surface area contributed by atoms with Crippen LogP contribution in [0.25, 0.3) is 0 Å². The second kappa shape index (κ2) is 5.96. The van der Waals surface area contributed by atoms with Crippen molar-refractivity contribution in [2.24, 2.45) is 0 Å². The smallest absolute Gasteiger partial charge is 0.341 e. The summed E-state index contributed by atoms with van der Waals surface area (Å²) in [5.74, 6) is -3.62. The van der Waals surface area contributed by atoms with Crippen LogP contribution in [-0.2, 0) is 14.6 Å². The van der Waals surface area contributed by atoms with E-state index < -0.39 is 45.3 Å². The predicted octanol–water partition coefficient (Wildman–Crippen LogP) is 1.14. The van der Waals surface area contributed by atoms with Gasteiger partial charge >= 0.3 is 5.97 Å². The van der Waals surface area contributed by atoms with Crippen LogP contribution in [0.5, 0.6) is 0 Å². The number of nitrogen functional groups attached to an aromatic ring is 1. The fourth-order valence-electron chi connectivity index (χ4n) is 1.21. The average Bonchev–Trinajstić information content (AvgIpc) is 2.33. The Labute approximate surface area is 109 Å². The first-order valence-electron chi connectivity index (χ1n) is 5.39. The molecule has 0 radical (unpaired) electrons. The molecule has 106 valence electrons. The zero-order chi connectivity index (χ0) is 14.6. The molecule has 0 aliphatic carbocycles. The fourth-order valence-corrected chi connectivity index (χ4v) is 1.83. The molecule has 0 saturated heterocycles. The number of carbonyl (C=O) groups excluding carboxylic acids is 1. The number of halogens is 2. The first-order valence-corrected chi connectivity index (χ1v) is 7.21.